The standard InChI is InChI=1S/C13H24N4O2S/c1-4-17-9-13(15-10(17)2)20(18,19)16-12-7-5-11(14-3)6-8-12/h9,11-12,14,16H,4-8H2,1-3H3. The van der Waals surface area contributed by atoms with Crippen LogP contribution in [0.5, 0.6) is 0 Å². The summed E-state index contributed by atoms with van der Waals surface area (Å²) in [6.07, 6.45) is 5.37. The minimum absolute atomic E-state index is 0.0247. The van der Waals surface area contributed by atoms with Gasteiger partial charge in [-0.1, -0.05) is 0 Å². The molecular weight excluding hydrogens is 276 g/mol. The van der Waals surface area contributed by atoms with Crippen molar-refractivity contribution in [2.75, 3.05) is 7.05 Å². The number of rotatable bonds is 5. The number of nitrogens with zero attached hydrogens (tertiary/aromatic N) is 2. The maximum absolute atomic E-state index is 12.3. The molecule has 0 spiro atoms. The molecule has 6 nitrogen and oxygen atoms in total. The molecule has 2 rings (SSSR count). The molecule has 0 saturated heterocycles. The third-order valence-corrected chi connectivity index (χ3v) is 5.42. The lowest BCUT2D eigenvalue weighted by Crippen LogP contribution is -2.41. The summed E-state index contributed by atoms with van der Waals surface area (Å²) in [6, 6.07) is 0.536. The molecule has 0 radical (unpaired) electrons. The summed E-state index contributed by atoms with van der Waals surface area (Å²) in [7, 11) is -1.54. The monoisotopic (exact) mass is 300 g/mol. The first-order valence-corrected chi connectivity index (χ1v) is 8.68. The number of aryl methyl sites for hydroxylation is 2. The predicted octanol–water partition coefficient (Wildman–Crippen LogP) is 1.02. The lowest BCUT2D eigenvalue weighted by atomic mass is 9.92. The smallest absolute Gasteiger partial charge is 0.259 e. The predicted molar refractivity (Wildman–Crippen MR) is 78.1 cm³/mol. The molecule has 1 aromatic heterocycles. The molecular formula is C13H24N4O2S. The van der Waals surface area contributed by atoms with Crippen LogP contribution in [0.1, 0.15) is 38.4 Å². The van der Waals surface area contributed by atoms with E-state index in [2.05, 4.69) is 15.0 Å². The number of aromatic nitrogens is 2. The van der Waals surface area contributed by atoms with Crippen LogP contribution in [0.3, 0.4) is 0 Å². The molecule has 1 aromatic rings. The second-order valence-corrected chi connectivity index (χ2v) is 7.03. The minimum atomic E-state index is -3.50. The van der Waals surface area contributed by atoms with Gasteiger partial charge in [-0.25, -0.2) is 18.1 Å². The summed E-state index contributed by atoms with van der Waals surface area (Å²) in [5.74, 6) is 0.728. The van der Waals surface area contributed by atoms with Crippen LogP contribution in [0.2, 0.25) is 0 Å². The Hall–Kier alpha value is -0.920. The van der Waals surface area contributed by atoms with E-state index in [4.69, 9.17) is 0 Å². The fraction of sp³-hybridized carbons (Fsp3) is 0.769. The van der Waals surface area contributed by atoms with Gasteiger partial charge in [-0.15, -0.1) is 0 Å². The fourth-order valence-electron chi connectivity index (χ4n) is 2.71. The van der Waals surface area contributed by atoms with Crippen molar-refractivity contribution in [2.45, 2.75) is 63.2 Å². The highest BCUT2D eigenvalue weighted by atomic mass is 32.2. The van der Waals surface area contributed by atoms with Gasteiger partial charge < -0.3 is 9.88 Å². The zero-order valence-electron chi connectivity index (χ0n) is 12.4. The lowest BCUT2D eigenvalue weighted by Gasteiger charge is -2.28. The van der Waals surface area contributed by atoms with Crippen LogP contribution in [-0.4, -0.2) is 37.1 Å². The fourth-order valence-corrected chi connectivity index (χ4v) is 4.02. The number of imidazole rings is 1. The number of sulfonamides is 1. The average molecular weight is 300 g/mol. The molecule has 0 amide bonds. The van der Waals surface area contributed by atoms with Crippen molar-refractivity contribution in [1.29, 1.82) is 0 Å². The minimum Gasteiger partial charge on any atom is -0.334 e. The molecule has 2 N–H and O–H groups in total. The Balaban J connectivity index is 2.04. The summed E-state index contributed by atoms with van der Waals surface area (Å²) >= 11 is 0. The second-order valence-electron chi connectivity index (χ2n) is 5.37. The highest BCUT2D eigenvalue weighted by molar-refractivity contribution is 7.89. The van der Waals surface area contributed by atoms with Crippen LogP contribution in [0.4, 0.5) is 0 Å². The van der Waals surface area contributed by atoms with Crippen LogP contribution >= 0.6 is 0 Å². The molecule has 0 aromatic carbocycles. The first kappa shape index (κ1) is 15.5. The van der Waals surface area contributed by atoms with Gasteiger partial charge in [0.2, 0.25) is 0 Å². The van der Waals surface area contributed by atoms with Crippen molar-refractivity contribution >= 4 is 10.0 Å². The molecule has 0 atom stereocenters. The van der Waals surface area contributed by atoms with E-state index in [0.29, 0.717) is 6.04 Å². The molecule has 0 unspecified atom stereocenters. The third kappa shape index (κ3) is 3.39. The van der Waals surface area contributed by atoms with Crippen LogP contribution in [-0.2, 0) is 16.6 Å². The maximum atomic E-state index is 12.3. The summed E-state index contributed by atoms with van der Waals surface area (Å²) in [5, 5.41) is 3.38. The first-order valence-electron chi connectivity index (χ1n) is 7.19. The zero-order valence-corrected chi connectivity index (χ0v) is 13.2. The zero-order chi connectivity index (χ0) is 14.8. The largest absolute Gasteiger partial charge is 0.334 e. The number of hydrogen-bond acceptors (Lipinski definition) is 4. The molecule has 1 aliphatic carbocycles. The van der Waals surface area contributed by atoms with Gasteiger partial charge in [0.05, 0.1) is 0 Å². The Morgan fingerprint density at radius 1 is 1.30 bits per heavy atom. The molecule has 20 heavy (non-hydrogen) atoms. The van der Waals surface area contributed by atoms with E-state index < -0.39 is 10.0 Å². The van der Waals surface area contributed by atoms with Crippen LogP contribution in [0.15, 0.2) is 11.2 Å². The molecule has 0 aliphatic heterocycles. The van der Waals surface area contributed by atoms with E-state index in [0.717, 1.165) is 38.1 Å². The van der Waals surface area contributed by atoms with Gasteiger partial charge in [0.25, 0.3) is 10.0 Å². The van der Waals surface area contributed by atoms with E-state index in [1.165, 1.54) is 0 Å². The van der Waals surface area contributed by atoms with Gasteiger partial charge in [0.1, 0.15) is 5.82 Å². The SMILES string of the molecule is CCn1cc(S(=O)(=O)NC2CCC(NC)CC2)nc1C. The van der Waals surface area contributed by atoms with Crippen molar-refractivity contribution in [1.82, 2.24) is 19.6 Å². The highest BCUT2D eigenvalue weighted by Crippen LogP contribution is 2.20. The van der Waals surface area contributed by atoms with Crippen molar-refractivity contribution in [2.24, 2.45) is 0 Å². The summed E-state index contributed by atoms with van der Waals surface area (Å²) in [5.41, 5.74) is 0. The van der Waals surface area contributed by atoms with Crippen LogP contribution in [0, 0.1) is 6.92 Å². The number of nitrogens with one attached hydrogen (secondary N) is 2. The van der Waals surface area contributed by atoms with Crippen molar-refractivity contribution in [3.8, 4) is 0 Å². The van der Waals surface area contributed by atoms with Crippen molar-refractivity contribution in [3.63, 3.8) is 0 Å². The van der Waals surface area contributed by atoms with Gasteiger partial charge in [0.15, 0.2) is 5.03 Å². The highest BCUT2D eigenvalue weighted by Gasteiger charge is 2.26. The molecule has 0 bridgehead atoms. The topological polar surface area (TPSA) is 76.0 Å². The molecule has 7 heteroatoms. The Morgan fingerprint density at radius 3 is 2.40 bits per heavy atom. The van der Waals surface area contributed by atoms with Gasteiger partial charge >= 0.3 is 0 Å². The molecule has 1 saturated carbocycles. The van der Waals surface area contributed by atoms with E-state index in [-0.39, 0.29) is 11.1 Å². The summed E-state index contributed by atoms with van der Waals surface area (Å²) < 4.78 is 29.3. The first-order chi connectivity index (χ1) is 9.46. The molecule has 1 heterocycles. The van der Waals surface area contributed by atoms with Crippen LogP contribution < -0.4 is 10.0 Å². The molecule has 114 valence electrons. The van der Waals surface area contributed by atoms with E-state index in [1.807, 2.05) is 25.5 Å². The number of hydrogen-bond donors (Lipinski definition) is 2. The van der Waals surface area contributed by atoms with Crippen molar-refractivity contribution in [3.05, 3.63) is 12.0 Å². The van der Waals surface area contributed by atoms with E-state index in [1.54, 1.807) is 6.20 Å². The van der Waals surface area contributed by atoms with E-state index >= 15 is 0 Å². The maximum Gasteiger partial charge on any atom is 0.259 e. The van der Waals surface area contributed by atoms with E-state index in [9.17, 15) is 8.42 Å². The van der Waals surface area contributed by atoms with Crippen molar-refractivity contribution < 1.29 is 8.42 Å². The summed E-state index contributed by atoms with van der Waals surface area (Å²) in [6.45, 7) is 4.51. The average Bonchev–Trinajstić information content (AvgIpc) is 2.81. The quantitative estimate of drug-likeness (QED) is 0.851. The van der Waals surface area contributed by atoms with Crippen LogP contribution in [0.25, 0.3) is 0 Å². The molecule has 1 fully saturated rings. The normalized spacial score (nSPS) is 23.9. The molecule has 1 aliphatic rings. The van der Waals surface area contributed by atoms with Gasteiger partial charge in [-0.3, -0.25) is 0 Å². The Labute approximate surface area is 121 Å². The third-order valence-electron chi connectivity index (χ3n) is 4.03. The van der Waals surface area contributed by atoms with Gasteiger partial charge in [-0.05, 0) is 46.6 Å². The summed E-state index contributed by atoms with van der Waals surface area (Å²) in [4.78, 5) is 4.15. The lowest BCUT2D eigenvalue weighted by molar-refractivity contribution is 0.342. The Kier molecular flexibility index (Phi) is 4.82. The Bertz CT molecular complexity index is 545. The van der Waals surface area contributed by atoms with Gasteiger partial charge in [0, 0.05) is 24.8 Å². The Morgan fingerprint density at radius 2 is 1.90 bits per heavy atom. The van der Waals surface area contributed by atoms with Gasteiger partial charge in [-0.2, -0.15) is 0 Å². The second kappa shape index (κ2) is 6.24.